The normalized spacial score (nSPS) is 18.3. The van der Waals surface area contributed by atoms with Crippen LogP contribution in [0, 0.1) is 5.82 Å². The summed E-state index contributed by atoms with van der Waals surface area (Å²) in [6.07, 6.45) is 3.26. The van der Waals surface area contributed by atoms with Gasteiger partial charge >= 0.3 is 5.92 Å². The van der Waals surface area contributed by atoms with Crippen LogP contribution in [-0.2, 0) is 16.6 Å². The quantitative estimate of drug-likeness (QED) is 0.429. The molecule has 0 radical (unpaired) electrons. The van der Waals surface area contributed by atoms with Crippen LogP contribution >= 0.6 is 0 Å². The van der Waals surface area contributed by atoms with Crippen LogP contribution in [0.5, 0.6) is 0 Å². The lowest BCUT2D eigenvalue weighted by molar-refractivity contribution is -0.143. The van der Waals surface area contributed by atoms with Crippen LogP contribution in [0.3, 0.4) is 0 Å². The predicted octanol–water partition coefficient (Wildman–Crippen LogP) is 3.68. The molecule has 2 atom stereocenters. The summed E-state index contributed by atoms with van der Waals surface area (Å²) >= 11 is 0. The zero-order valence-corrected chi connectivity index (χ0v) is 19.3. The Balaban J connectivity index is 1.57. The number of hydrogen-bond donors (Lipinski definition) is 1. The molecule has 0 aliphatic carbocycles. The molecule has 2 aromatic heterocycles. The summed E-state index contributed by atoms with van der Waals surface area (Å²) in [6, 6.07) is 10.6. The van der Waals surface area contributed by atoms with Crippen LogP contribution in [0.4, 0.5) is 18.9 Å². The zero-order valence-electron chi connectivity index (χ0n) is 19.3. The Labute approximate surface area is 203 Å². The van der Waals surface area contributed by atoms with E-state index in [4.69, 9.17) is 0 Å². The average molecular weight is 494 g/mol. The molecule has 1 aliphatic rings. The molecular formula is C25H21F3N6O2. The Kier molecular flexibility index (Phi) is 5.42. The molecule has 5 rings (SSSR count). The van der Waals surface area contributed by atoms with E-state index >= 15 is 0 Å². The number of rotatable bonds is 5. The van der Waals surface area contributed by atoms with Crippen molar-refractivity contribution in [1.82, 2.24) is 24.9 Å². The average Bonchev–Trinajstić information content (AvgIpc) is 3.51. The van der Waals surface area contributed by atoms with Crippen LogP contribution in [-0.4, -0.2) is 43.3 Å². The molecule has 0 spiro atoms. The van der Waals surface area contributed by atoms with Crippen LogP contribution in [0.2, 0.25) is 0 Å². The largest absolute Gasteiger partial charge is 0.341 e. The molecule has 1 fully saturated rings. The first-order valence-electron chi connectivity index (χ1n) is 11.0. The van der Waals surface area contributed by atoms with Crippen molar-refractivity contribution < 1.29 is 22.8 Å². The summed E-state index contributed by atoms with van der Waals surface area (Å²) in [6.45, 7) is 4.28. The molecule has 11 heteroatoms. The second kappa shape index (κ2) is 8.36. The van der Waals surface area contributed by atoms with E-state index < -0.39 is 29.8 Å². The van der Waals surface area contributed by atoms with E-state index in [1.165, 1.54) is 21.7 Å². The number of aryl methyl sites for hydroxylation is 1. The molecule has 2 amide bonds. The van der Waals surface area contributed by atoms with E-state index in [0.717, 1.165) is 0 Å². The molecule has 0 bridgehead atoms. The number of carbonyl (C=O) groups excluding carboxylic acids is 2. The first-order valence-corrected chi connectivity index (χ1v) is 11.0. The van der Waals surface area contributed by atoms with Crippen molar-refractivity contribution in [2.75, 3.05) is 4.90 Å². The van der Waals surface area contributed by atoms with Gasteiger partial charge in [-0.25, -0.2) is 9.07 Å². The van der Waals surface area contributed by atoms with Gasteiger partial charge in [0.15, 0.2) is 0 Å². The molecule has 36 heavy (non-hydrogen) atoms. The summed E-state index contributed by atoms with van der Waals surface area (Å²) < 4.78 is 43.9. The van der Waals surface area contributed by atoms with Gasteiger partial charge in [0.05, 0.1) is 29.1 Å². The van der Waals surface area contributed by atoms with Crippen molar-refractivity contribution in [3.63, 3.8) is 0 Å². The molecule has 3 heterocycles. The van der Waals surface area contributed by atoms with E-state index in [1.54, 1.807) is 60.5 Å². The number of alkyl halides is 2. The van der Waals surface area contributed by atoms with E-state index in [9.17, 15) is 22.8 Å². The van der Waals surface area contributed by atoms with Crippen molar-refractivity contribution in [2.24, 2.45) is 7.05 Å². The molecule has 1 N–H and O–H groups in total. The number of nitrogens with one attached hydrogen (secondary N) is 1. The number of fused-ring (bicyclic) bond motifs is 1. The van der Waals surface area contributed by atoms with Crippen molar-refractivity contribution >= 4 is 28.4 Å². The third kappa shape index (κ3) is 3.92. The van der Waals surface area contributed by atoms with Gasteiger partial charge in [-0.3, -0.25) is 19.2 Å². The van der Waals surface area contributed by atoms with Gasteiger partial charge in [-0.15, -0.1) is 0 Å². The Morgan fingerprint density at radius 2 is 1.81 bits per heavy atom. The minimum absolute atomic E-state index is 0.0367. The first kappa shape index (κ1) is 23.3. The smallest absolute Gasteiger partial charge is 0.321 e. The van der Waals surface area contributed by atoms with Crippen LogP contribution in [0.1, 0.15) is 18.7 Å². The Morgan fingerprint density at radius 1 is 1.11 bits per heavy atom. The minimum atomic E-state index is -3.64. The summed E-state index contributed by atoms with van der Waals surface area (Å²) in [4.78, 5) is 26.9. The second-order valence-electron chi connectivity index (χ2n) is 8.67. The number of carbonyl (C=O) groups is 2. The highest BCUT2D eigenvalue weighted by atomic mass is 19.3. The Morgan fingerprint density at radius 3 is 2.44 bits per heavy atom. The number of benzene rings is 2. The highest BCUT2D eigenvalue weighted by Gasteiger charge is 2.48. The molecule has 184 valence electrons. The maximum Gasteiger partial charge on any atom is 0.321 e. The first-order chi connectivity index (χ1) is 17.0. The lowest BCUT2D eigenvalue weighted by atomic mass is 10.0. The molecule has 4 aromatic rings. The molecule has 1 saturated heterocycles. The van der Waals surface area contributed by atoms with E-state index in [2.05, 4.69) is 22.1 Å². The lowest BCUT2D eigenvalue weighted by Gasteiger charge is -2.27. The third-order valence-electron chi connectivity index (χ3n) is 6.09. The molecule has 0 saturated carbocycles. The fraction of sp³-hybridized carbons (Fsp3) is 0.200. The highest BCUT2D eigenvalue weighted by molar-refractivity contribution is 6.11. The van der Waals surface area contributed by atoms with Crippen molar-refractivity contribution in [3.05, 3.63) is 84.6 Å². The number of aromatic nitrogens is 4. The van der Waals surface area contributed by atoms with Gasteiger partial charge in [-0.2, -0.15) is 19.0 Å². The van der Waals surface area contributed by atoms with Crippen molar-refractivity contribution in [3.8, 4) is 5.69 Å². The van der Waals surface area contributed by atoms with E-state index in [1.807, 2.05) is 0 Å². The maximum atomic E-state index is 13.7. The lowest BCUT2D eigenvalue weighted by Crippen LogP contribution is -2.46. The number of halogens is 3. The highest BCUT2D eigenvalue weighted by Crippen LogP contribution is 2.40. The fourth-order valence-electron chi connectivity index (χ4n) is 4.32. The van der Waals surface area contributed by atoms with Gasteiger partial charge in [0, 0.05) is 36.8 Å². The summed E-state index contributed by atoms with van der Waals surface area (Å²) in [5.74, 6) is -6.05. The van der Waals surface area contributed by atoms with Crippen LogP contribution in [0.25, 0.3) is 16.6 Å². The molecule has 8 nitrogen and oxygen atoms in total. The number of anilines is 1. The topological polar surface area (TPSA) is 85.1 Å². The third-order valence-corrected chi connectivity index (χ3v) is 6.09. The summed E-state index contributed by atoms with van der Waals surface area (Å²) in [5, 5.41) is 11.7. The van der Waals surface area contributed by atoms with E-state index in [-0.39, 0.29) is 11.4 Å². The van der Waals surface area contributed by atoms with Crippen molar-refractivity contribution in [2.45, 2.75) is 24.9 Å². The summed E-state index contributed by atoms with van der Waals surface area (Å²) in [5.41, 5.74) is 2.17. The van der Waals surface area contributed by atoms with Gasteiger partial charge in [0.25, 0.3) is 11.8 Å². The number of amides is 2. The monoisotopic (exact) mass is 494 g/mol. The fourth-order valence-corrected chi connectivity index (χ4v) is 4.32. The van der Waals surface area contributed by atoms with Crippen molar-refractivity contribution in [1.29, 1.82) is 0 Å². The van der Waals surface area contributed by atoms with Gasteiger partial charge in [0.1, 0.15) is 11.9 Å². The number of nitrogens with zero attached hydrogens (tertiary/aromatic N) is 5. The van der Waals surface area contributed by atoms with Gasteiger partial charge in [-0.05, 0) is 48.5 Å². The van der Waals surface area contributed by atoms with Gasteiger partial charge in [0.2, 0.25) is 0 Å². The minimum Gasteiger partial charge on any atom is -0.341 e. The Hall–Kier alpha value is -4.41. The standard InChI is InChI=1S/C25H21F3N6O2/c1-14-21(30-24(36)25(2,27)28)22(19-10-11-32(3)31-19)33(23(14)35)18-8-9-20-15(12-18)13-29-34(20)17-6-4-16(26)5-7-17/h4-13,21-22H,1H2,2-3H3,(H,30,36)/t21-,22?/m0/s1. The maximum absolute atomic E-state index is 13.7. The van der Waals surface area contributed by atoms with Gasteiger partial charge in [-0.1, -0.05) is 6.58 Å². The summed E-state index contributed by atoms with van der Waals surface area (Å²) in [7, 11) is 1.68. The second-order valence-corrected chi connectivity index (χ2v) is 8.67. The number of hydrogen-bond acceptors (Lipinski definition) is 4. The predicted molar refractivity (Wildman–Crippen MR) is 126 cm³/mol. The zero-order chi connectivity index (χ0) is 25.8. The molecule has 2 aromatic carbocycles. The molecule has 1 unspecified atom stereocenters. The molecular weight excluding hydrogens is 473 g/mol. The van der Waals surface area contributed by atoms with Crippen LogP contribution < -0.4 is 10.2 Å². The van der Waals surface area contributed by atoms with E-state index in [0.29, 0.717) is 34.9 Å². The van der Waals surface area contributed by atoms with Gasteiger partial charge < -0.3 is 5.32 Å². The van der Waals surface area contributed by atoms with Crippen LogP contribution in [0.15, 0.2) is 73.1 Å². The SMILES string of the molecule is C=C1C(=O)N(c2ccc3c(cnn3-c3ccc(F)cc3)c2)C(c2ccn(C)n2)[C@H]1NC(=O)C(C)(F)F. The Bertz CT molecular complexity index is 1500. The molecule has 1 aliphatic heterocycles.